The van der Waals surface area contributed by atoms with Crippen molar-refractivity contribution in [3.05, 3.63) is 45.8 Å². The van der Waals surface area contributed by atoms with Gasteiger partial charge in [-0.1, -0.05) is 17.2 Å². The zero-order valence-electron chi connectivity index (χ0n) is 11.9. The number of carboxylic acid groups (broad SMARTS) is 1. The Morgan fingerprint density at radius 1 is 1.18 bits per heavy atom. The van der Waals surface area contributed by atoms with E-state index in [0.29, 0.717) is 18.7 Å². The Labute approximate surface area is 126 Å². The molecule has 0 atom stereocenters. The van der Waals surface area contributed by atoms with Crippen molar-refractivity contribution in [2.75, 3.05) is 26.3 Å². The van der Waals surface area contributed by atoms with Crippen LogP contribution < -0.4 is 10.6 Å². The van der Waals surface area contributed by atoms with E-state index in [0.717, 1.165) is 5.56 Å². The van der Waals surface area contributed by atoms with Gasteiger partial charge in [-0.05, 0) is 23.2 Å². The Hall–Kier alpha value is -2.77. The first-order chi connectivity index (χ1) is 10.6. The van der Waals surface area contributed by atoms with Gasteiger partial charge in [0, 0.05) is 23.6 Å². The van der Waals surface area contributed by atoms with Gasteiger partial charge in [-0.25, -0.2) is 4.79 Å². The number of hydrogen-bond donors (Lipinski definition) is 3. The molecular weight excluding hydrogens is 290 g/mol. The third-order valence-corrected chi connectivity index (χ3v) is 2.59. The second-order valence-corrected chi connectivity index (χ2v) is 4.19. The molecule has 0 spiro atoms. The van der Waals surface area contributed by atoms with Crippen LogP contribution in [0, 0.1) is 0 Å². The third-order valence-electron chi connectivity index (χ3n) is 2.59. The highest BCUT2D eigenvalue weighted by Crippen LogP contribution is 2.05. The van der Waals surface area contributed by atoms with Crippen LogP contribution in [0.4, 0.5) is 4.79 Å². The molecule has 3 N–H and O–H groups in total. The summed E-state index contributed by atoms with van der Waals surface area (Å²) in [6, 6.07) is 6.74. The predicted molar refractivity (Wildman–Crippen MR) is 78.5 cm³/mol. The van der Waals surface area contributed by atoms with Gasteiger partial charge in [0.2, 0.25) is 0 Å². The minimum atomic E-state index is -1.10. The molecule has 0 unspecified atom stereocenters. The van der Waals surface area contributed by atoms with Crippen molar-refractivity contribution in [2.45, 2.75) is 6.54 Å². The monoisotopic (exact) mass is 307 g/mol. The van der Waals surface area contributed by atoms with E-state index in [4.69, 9.17) is 15.4 Å². The number of nitrogens with one attached hydrogen (secondary N) is 2. The first kappa shape index (κ1) is 17.3. The number of amides is 2. The lowest BCUT2D eigenvalue weighted by atomic mass is 10.1. The van der Waals surface area contributed by atoms with Crippen molar-refractivity contribution in [3.8, 4) is 0 Å². The third kappa shape index (κ3) is 7.13. The Bertz CT molecular complexity index is 540. The van der Waals surface area contributed by atoms with Crippen molar-refractivity contribution >= 4 is 12.0 Å². The standard InChI is InChI=1S/C13H17N5O4/c14-18-17-9-10-1-3-11(4-2-10)12(19)15-5-7-22-8-6-16-13(20)21/h1-4,16H,5-9H2,(H,15,19)(H,20,21). The van der Waals surface area contributed by atoms with Gasteiger partial charge in [0.1, 0.15) is 0 Å². The fourth-order valence-corrected chi connectivity index (χ4v) is 1.55. The molecule has 2 amide bonds. The van der Waals surface area contributed by atoms with Crippen molar-refractivity contribution in [1.29, 1.82) is 0 Å². The Kier molecular flexibility index (Phi) is 7.88. The summed E-state index contributed by atoms with van der Waals surface area (Å²) >= 11 is 0. The summed E-state index contributed by atoms with van der Waals surface area (Å²) in [7, 11) is 0. The highest BCUT2D eigenvalue weighted by atomic mass is 16.5. The topological polar surface area (TPSA) is 136 Å². The average Bonchev–Trinajstić information content (AvgIpc) is 2.52. The zero-order valence-corrected chi connectivity index (χ0v) is 11.9. The van der Waals surface area contributed by atoms with Gasteiger partial charge in [0.25, 0.3) is 5.91 Å². The fourth-order valence-electron chi connectivity index (χ4n) is 1.55. The lowest BCUT2D eigenvalue weighted by Gasteiger charge is -2.07. The molecule has 22 heavy (non-hydrogen) atoms. The Balaban J connectivity index is 2.22. The minimum Gasteiger partial charge on any atom is -0.465 e. The van der Waals surface area contributed by atoms with Crippen LogP contribution in [0.25, 0.3) is 10.4 Å². The molecule has 0 radical (unpaired) electrons. The smallest absolute Gasteiger partial charge is 0.404 e. The number of nitrogens with zero attached hydrogens (tertiary/aromatic N) is 3. The number of azide groups is 1. The van der Waals surface area contributed by atoms with Crippen molar-refractivity contribution < 1.29 is 19.4 Å². The summed E-state index contributed by atoms with van der Waals surface area (Å²) in [6.45, 7) is 1.32. The molecule has 9 heteroatoms. The lowest BCUT2D eigenvalue weighted by molar-refractivity contribution is 0.0917. The number of rotatable bonds is 9. The molecule has 0 aromatic heterocycles. The molecule has 1 aromatic rings. The Morgan fingerprint density at radius 2 is 1.82 bits per heavy atom. The second-order valence-electron chi connectivity index (χ2n) is 4.19. The number of ether oxygens (including phenoxy) is 1. The van der Waals surface area contributed by atoms with Crippen molar-refractivity contribution in [1.82, 2.24) is 10.6 Å². The predicted octanol–water partition coefficient (Wildman–Crippen LogP) is 1.51. The lowest BCUT2D eigenvalue weighted by Crippen LogP contribution is -2.29. The number of carbonyl (C=O) groups is 2. The number of hydrogen-bond acceptors (Lipinski definition) is 4. The van der Waals surface area contributed by atoms with Gasteiger partial charge >= 0.3 is 6.09 Å². The van der Waals surface area contributed by atoms with E-state index in [1.807, 2.05) is 0 Å². The van der Waals surface area contributed by atoms with Gasteiger partial charge in [0.05, 0.1) is 19.8 Å². The van der Waals surface area contributed by atoms with Crippen LogP contribution in [-0.4, -0.2) is 43.4 Å². The second kappa shape index (κ2) is 10.0. The van der Waals surface area contributed by atoms with Crippen LogP contribution >= 0.6 is 0 Å². The van der Waals surface area contributed by atoms with Crippen LogP contribution in [-0.2, 0) is 11.3 Å². The van der Waals surface area contributed by atoms with Gasteiger partial charge in [-0.15, -0.1) is 0 Å². The van der Waals surface area contributed by atoms with Crippen LogP contribution in [0.15, 0.2) is 29.4 Å². The normalized spacial score (nSPS) is 9.64. The maximum atomic E-state index is 11.8. The maximum Gasteiger partial charge on any atom is 0.404 e. The maximum absolute atomic E-state index is 11.8. The van der Waals surface area contributed by atoms with Crippen molar-refractivity contribution in [2.24, 2.45) is 5.11 Å². The first-order valence-electron chi connectivity index (χ1n) is 6.56. The molecular formula is C13H17N5O4. The highest BCUT2D eigenvalue weighted by Gasteiger charge is 2.04. The van der Waals surface area contributed by atoms with Gasteiger partial charge in [-0.2, -0.15) is 0 Å². The number of benzene rings is 1. The van der Waals surface area contributed by atoms with E-state index in [-0.39, 0.29) is 25.6 Å². The molecule has 0 aliphatic heterocycles. The van der Waals surface area contributed by atoms with E-state index in [9.17, 15) is 9.59 Å². The fraction of sp³-hybridized carbons (Fsp3) is 0.385. The van der Waals surface area contributed by atoms with Crippen molar-refractivity contribution in [3.63, 3.8) is 0 Å². The molecule has 0 aliphatic carbocycles. The van der Waals surface area contributed by atoms with Crippen LogP contribution in [0.1, 0.15) is 15.9 Å². The molecule has 0 saturated carbocycles. The average molecular weight is 307 g/mol. The molecule has 9 nitrogen and oxygen atoms in total. The van der Waals surface area contributed by atoms with Gasteiger partial charge < -0.3 is 20.5 Å². The quantitative estimate of drug-likeness (QED) is 0.275. The van der Waals surface area contributed by atoms with Gasteiger partial charge in [0.15, 0.2) is 0 Å². The molecule has 0 fully saturated rings. The minimum absolute atomic E-state index is 0.204. The first-order valence-corrected chi connectivity index (χ1v) is 6.56. The van der Waals surface area contributed by atoms with Crippen LogP contribution in [0.2, 0.25) is 0 Å². The van der Waals surface area contributed by atoms with E-state index >= 15 is 0 Å². The summed E-state index contributed by atoms with van der Waals surface area (Å²) in [5.74, 6) is -0.234. The molecule has 0 bridgehead atoms. The zero-order chi connectivity index (χ0) is 16.2. The van der Waals surface area contributed by atoms with Crippen LogP contribution in [0.3, 0.4) is 0 Å². The molecule has 0 saturated heterocycles. The molecule has 1 aromatic carbocycles. The largest absolute Gasteiger partial charge is 0.465 e. The molecule has 1 rings (SSSR count). The van der Waals surface area contributed by atoms with E-state index < -0.39 is 6.09 Å². The summed E-state index contributed by atoms with van der Waals surface area (Å²) in [5, 5.41) is 16.6. The van der Waals surface area contributed by atoms with E-state index in [2.05, 4.69) is 20.7 Å². The highest BCUT2D eigenvalue weighted by molar-refractivity contribution is 5.94. The summed E-state index contributed by atoms with van der Waals surface area (Å²) < 4.78 is 5.15. The van der Waals surface area contributed by atoms with E-state index in [1.165, 1.54) is 0 Å². The Morgan fingerprint density at radius 3 is 2.41 bits per heavy atom. The summed E-state index contributed by atoms with van der Waals surface area (Å²) in [4.78, 5) is 24.6. The van der Waals surface area contributed by atoms with Gasteiger partial charge in [-0.3, -0.25) is 4.79 Å². The SMILES string of the molecule is [N-]=[N+]=NCc1ccc(C(=O)NCCOCCNC(=O)O)cc1. The summed E-state index contributed by atoms with van der Waals surface area (Å²) in [6.07, 6.45) is -1.10. The van der Waals surface area contributed by atoms with Crippen LogP contribution in [0.5, 0.6) is 0 Å². The molecule has 0 heterocycles. The summed E-state index contributed by atoms with van der Waals surface area (Å²) in [5.41, 5.74) is 9.54. The number of carbonyl (C=O) groups excluding carboxylic acids is 1. The molecule has 0 aliphatic rings. The molecule has 118 valence electrons. The van der Waals surface area contributed by atoms with E-state index in [1.54, 1.807) is 24.3 Å².